The van der Waals surface area contributed by atoms with Gasteiger partial charge in [-0.15, -0.1) is 0 Å². The van der Waals surface area contributed by atoms with E-state index in [1.54, 1.807) is 0 Å². The van der Waals surface area contributed by atoms with E-state index < -0.39 is 18.0 Å². The summed E-state index contributed by atoms with van der Waals surface area (Å²) in [6.07, 6.45) is -0.835. The van der Waals surface area contributed by atoms with Crippen molar-refractivity contribution in [1.82, 2.24) is 5.32 Å². The van der Waals surface area contributed by atoms with E-state index in [2.05, 4.69) is 10.6 Å². The van der Waals surface area contributed by atoms with Gasteiger partial charge < -0.3 is 15.4 Å². The monoisotopic (exact) mass is 418 g/mol. The van der Waals surface area contributed by atoms with Crippen molar-refractivity contribution in [2.45, 2.75) is 33.3 Å². The fourth-order valence-electron chi connectivity index (χ4n) is 3.38. The Morgan fingerprint density at radius 2 is 1.55 bits per heavy atom. The van der Waals surface area contributed by atoms with Gasteiger partial charge in [-0.25, -0.2) is 0 Å². The van der Waals surface area contributed by atoms with Gasteiger partial charge in [0.25, 0.3) is 5.91 Å². The van der Waals surface area contributed by atoms with E-state index in [-0.39, 0.29) is 18.9 Å². The summed E-state index contributed by atoms with van der Waals surface area (Å²) in [6.45, 7) is 4.99. The van der Waals surface area contributed by atoms with Crippen LogP contribution < -0.4 is 10.6 Å². The first-order valence-electron chi connectivity index (χ1n) is 10.1. The standard InChI is InChI=1S/C25H26N2O4/c1-16-8-6-9-17(2)24(16)27-25(30)18(3)31-23(29)15-26-22(28)14-20-12-7-11-19-10-4-5-13-21(19)20/h4-13,18H,14-15H2,1-3H3,(H,26,28)(H,27,30)/t18-/m0/s1. The first kappa shape index (κ1) is 22.0. The third kappa shape index (κ3) is 5.69. The molecule has 2 N–H and O–H groups in total. The van der Waals surface area contributed by atoms with Crippen LogP contribution in [0.2, 0.25) is 0 Å². The van der Waals surface area contributed by atoms with Gasteiger partial charge in [0.15, 0.2) is 6.10 Å². The zero-order valence-electron chi connectivity index (χ0n) is 17.9. The number of carbonyl (C=O) groups excluding carboxylic acids is 3. The minimum absolute atomic E-state index is 0.150. The third-order valence-electron chi connectivity index (χ3n) is 5.07. The van der Waals surface area contributed by atoms with Gasteiger partial charge in [-0.1, -0.05) is 60.7 Å². The molecule has 1 atom stereocenters. The maximum Gasteiger partial charge on any atom is 0.326 e. The number of hydrogen-bond donors (Lipinski definition) is 2. The summed E-state index contributed by atoms with van der Waals surface area (Å²) < 4.78 is 5.17. The lowest BCUT2D eigenvalue weighted by Crippen LogP contribution is -2.36. The van der Waals surface area contributed by atoms with E-state index in [4.69, 9.17) is 4.74 Å². The Kier molecular flexibility index (Phi) is 7.03. The summed E-state index contributed by atoms with van der Waals surface area (Å²) in [5, 5.41) is 7.41. The van der Waals surface area contributed by atoms with E-state index in [0.717, 1.165) is 27.5 Å². The van der Waals surface area contributed by atoms with Gasteiger partial charge >= 0.3 is 5.97 Å². The molecule has 0 fully saturated rings. The van der Waals surface area contributed by atoms with Crippen molar-refractivity contribution >= 4 is 34.2 Å². The molecule has 3 rings (SSSR count). The molecule has 0 saturated carbocycles. The van der Waals surface area contributed by atoms with Crippen LogP contribution in [0.4, 0.5) is 5.69 Å². The Morgan fingerprint density at radius 3 is 2.29 bits per heavy atom. The first-order chi connectivity index (χ1) is 14.8. The smallest absolute Gasteiger partial charge is 0.326 e. The van der Waals surface area contributed by atoms with Crippen molar-refractivity contribution in [3.8, 4) is 0 Å². The predicted octanol–water partition coefficient (Wildman–Crippen LogP) is 3.69. The van der Waals surface area contributed by atoms with Gasteiger partial charge in [0, 0.05) is 5.69 Å². The minimum Gasteiger partial charge on any atom is -0.451 e. The number of ether oxygens (including phenoxy) is 1. The number of fused-ring (bicyclic) bond motifs is 1. The van der Waals surface area contributed by atoms with Crippen molar-refractivity contribution in [3.63, 3.8) is 0 Å². The van der Waals surface area contributed by atoms with E-state index in [0.29, 0.717) is 5.69 Å². The highest BCUT2D eigenvalue weighted by molar-refractivity contribution is 5.96. The van der Waals surface area contributed by atoms with Crippen molar-refractivity contribution in [3.05, 3.63) is 77.4 Å². The second kappa shape index (κ2) is 9.89. The third-order valence-corrected chi connectivity index (χ3v) is 5.07. The Morgan fingerprint density at radius 1 is 0.903 bits per heavy atom. The Labute approximate surface area is 181 Å². The number of para-hydroxylation sites is 1. The first-order valence-corrected chi connectivity index (χ1v) is 10.1. The number of carbonyl (C=O) groups is 3. The number of nitrogens with one attached hydrogen (secondary N) is 2. The fourth-order valence-corrected chi connectivity index (χ4v) is 3.38. The summed E-state index contributed by atoms with van der Waals surface area (Å²) in [4.78, 5) is 36.8. The van der Waals surface area contributed by atoms with E-state index in [9.17, 15) is 14.4 Å². The quantitative estimate of drug-likeness (QED) is 0.573. The Bertz CT molecular complexity index is 1100. The molecule has 0 aliphatic carbocycles. The lowest BCUT2D eigenvalue weighted by atomic mass is 10.0. The van der Waals surface area contributed by atoms with Gasteiger partial charge in [0.05, 0.1) is 6.42 Å². The molecule has 0 aromatic heterocycles. The largest absolute Gasteiger partial charge is 0.451 e. The number of esters is 1. The average Bonchev–Trinajstić information content (AvgIpc) is 2.75. The van der Waals surface area contributed by atoms with Crippen molar-refractivity contribution in [1.29, 1.82) is 0 Å². The second-order valence-corrected chi connectivity index (χ2v) is 7.48. The zero-order valence-corrected chi connectivity index (χ0v) is 17.9. The molecule has 0 aliphatic rings. The molecular weight excluding hydrogens is 392 g/mol. The average molecular weight is 418 g/mol. The fraction of sp³-hybridized carbons (Fsp3) is 0.240. The molecule has 0 aliphatic heterocycles. The van der Waals surface area contributed by atoms with Crippen LogP contribution in [0.5, 0.6) is 0 Å². The van der Waals surface area contributed by atoms with Crippen LogP contribution in [-0.2, 0) is 25.5 Å². The van der Waals surface area contributed by atoms with Crippen molar-refractivity contribution in [2.75, 3.05) is 11.9 Å². The maximum atomic E-state index is 12.4. The molecule has 0 heterocycles. The summed E-state index contributed by atoms with van der Waals surface area (Å²) >= 11 is 0. The lowest BCUT2D eigenvalue weighted by molar-refractivity contribution is -0.152. The minimum atomic E-state index is -0.985. The van der Waals surface area contributed by atoms with Crippen LogP contribution >= 0.6 is 0 Å². The SMILES string of the molecule is Cc1cccc(C)c1NC(=O)[C@H](C)OC(=O)CNC(=O)Cc1cccc2ccccc12. The van der Waals surface area contributed by atoms with Crippen molar-refractivity contribution < 1.29 is 19.1 Å². The summed E-state index contributed by atoms with van der Waals surface area (Å²) in [6, 6.07) is 19.3. The lowest BCUT2D eigenvalue weighted by Gasteiger charge is -2.16. The maximum absolute atomic E-state index is 12.4. The molecule has 6 heteroatoms. The highest BCUT2D eigenvalue weighted by atomic mass is 16.5. The van der Waals surface area contributed by atoms with Gasteiger partial charge in [-0.05, 0) is 48.2 Å². The normalized spacial score (nSPS) is 11.6. The molecule has 0 saturated heterocycles. The summed E-state index contributed by atoms with van der Waals surface area (Å²) in [5.41, 5.74) is 3.43. The molecule has 0 radical (unpaired) electrons. The zero-order chi connectivity index (χ0) is 22.4. The number of benzene rings is 3. The predicted molar refractivity (Wildman–Crippen MR) is 121 cm³/mol. The molecule has 0 unspecified atom stereocenters. The number of rotatable bonds is 7. The van der Waals surface area contributed by atoms with Gasteiger partial charge in [-0.2, -0.15) is 0 Å². The number of hydrogen-bond acceptors (Lipinski definition) is 4. The van der Waals surface area contributed by atoms with Crippen LogP contribution in [-0.4, -0.2) is 30.4 Å². The molecule has 3 aromatic rings. The van der Waals surface area contributed by atoms with Crippen LogP contribution in [0.25, 0.3) is 10.8 Å². The summed E-state index contributed by atoms with van der Waals surface area (Å²) in [7, 11) is 0. The van der Waals surface area contributed by atoms with Gasteiger partial charge in [0.2, 0.25) is 5.91 Å². The number of anilines is 1. The van der Waals surface area contributed by atoms with Crippen LogP contribution in [0, 0.1) is 13.8 Å². The number of amides is 2. The molecule has 2 amide bonds. The van der Waals surface area contributed by atoms with Crippen molar-refractivity contribution in [2.24, 2.45) is 0 Å². The molecule has 0 bridgehead atoms. The Balaban J connectivity index is 1.50. The van der Waals surface area contributed by atoms with Gasteiger partial charge in [-0.3, -0.25) is 14.4 Å². The molecule has 3 aromatic carbocycles. The molecule has 0 spiro atoms. The molecule has 6 nitrogen and oxygen atoms in total. The Hall–Kier alpha value is -3.67. The van der Waals surface area contributed by atoms with Crippen LogP contribution in [0.3, 0.4) is 0 Å². The molecular formula is C25H26N2O4. The molecule has 31 heavy (non-hydrogen) atoms. The van der Waals surface area contributed by atoms with E-state index >= 15 is 0 Å². The highest BCUT2D eigenvalue weighted by Crippen LogP contribution is 2.20. The highest BCUT2D eigenvalue weighted by Gasteiger charge is 2.19. The topological polar surface area (TPSA) is 84.5 Å². The summed E-state index contributed by atoms with van der Waals surface area (Å²) in [5.74, 6) is -1.39. The van der Waals surface area contributed by atoms with E-state index in [1.807, 2.05) is 74.5 Å². The second-order valence-electron chi connectivity index (χ2n) is 7.48. The van der Waals surface area contributed by atoms with Gasteiger partial charge in [0.1, 0.15) is 6.54 Å². The van der Waals surface area contributed by atoms with Crippen LogP contribution in [0.1, 0.15) is 23.6 Å². The molecule has 160 valence electrons. The number of aryl methyl sites for hydroxylation is 2. The van der Waals surface area contributed by atoms with Crippen LogP contribution in [0.15, 0.2) is 60.7 Å². The van der Waals surface area contributed by atoms with E-state index in [1.165, 1.54) is 6.92 Å².